The van der Waals surface area contributed by atoms with Crippen LogP contribution in [0.3, 0.4) is 0 Å². The smallest absolute Gasteiger partial charge is 0.0794 e. The lowest BCUT2D eigenvalue weighted by Gasteiger charge is -2.20. The molecule has 3 heterocycles. The van der Waals surface area contributed by atoms with Crippen molar-refractivity contribution in [2.24, 2.45) is 5.92 Å². The largest absolute Gasteiger partial charge is 0.312 e. The Labute approximate surface area is 130 Å². The molecule has 2 aromatic heterocycles. The molecule has 0 spiro atoms. The molecule has 4 nitrogen and oxygen atoms in total. The van der Waals surface area contributed by atoms with E-state index in [4.69, 9.17) is 0 Å². The van der Waals surface area contributed by atoms with Crippen LogP contribution in [0.1, 0.15) is 25.3 Å². The van der Waals surface area contributed by atoms with Gasteiger partial charge in [-0.1, -0.05) is 13.0 Å². The summed E-state index contributed by atoms with van der Waals surface area (Å²) >= 11 is 1.75. The number of nitrogens with zero attached hydrogens (tertiary/aromatic N) is 2. The number of aromatic nitrogens is 2. The van der Waals surface area contributed by atoms with E-state index in [1.54, 1.807) is 11.3 Å². The zero-order valence-corrected chi connectivity index (χ0v) is 13.5. The molecule has 1 fully saturated rings. The maximum absolute atomic E-state index is 4.19. The molecule has 0 radical (unpaired) electrons. The van der Waals surface area contributed by atoms with E-state index in [0.717, 1.165) is 18.8 Å². The molecular formula is C16H24N4S. The molecule has 1 saturated heterocycles. The predicted octanol–water partition coefficient (Wildman–Crippen LogP) is 2.96. The molecule has 0 aliphatic carbocycles. The third-order valence-electron chi connectivity index (χ3n) is 4.06. The number of hydrogen-bond donors (Lipinski definition) is 2. The number of aromatic amines is 1. The first-order chi connectivity index (χ1) is 10.3. The Morgan fingerprint density at radius 3 is 3.05 bits per heavy atom. The molecule has 1 aliphatic heterocycles. The fraction of sp³-hybridized carbons (Fsp3) is 0.562. The van der Waals surface area contributed by atoms with Crippen LogP contribution >= 0.6 is 11.3 Å². The normalized spacial score (nSPS) is 17.4. The first-order valence-electron chi connectivity index (χ1n) is 7.82. The number of thiophene rings is 1. The van der Waals surface area contributed by atoms with Gasteiger partial charge in [0.2, 0.25) is 0 Å². The van der Waals surface area contributed by atoms with Gasteiger partial charge in [0.05, 0.1) is 16.8 Å². The SMILES string of the molecule is C[C@H](CNCc1cn[nH]c1-c1cccs1)CN1CCCC1. The highest BCUT2D eigenvalue weighted by Crippen LogP contribution is 2.25. The topological polar surface area (TPSA) is 44.0 Å². The van der Waals surface area contributed by atoms with Crippen molar-refractivity contribution in [3.63, 3.8) is 0 Å². The molecular weight excluding hydrogens is 280 g/mol. The molecule has 114 valence electrons. The Hall–Kier alpha value is -1.17. The van der Waals surface area contributed by atoms with Gasteiger partial charge in [-0.25, -0.2) is 0 Å². The zero-order valence-electron chi connectivity index (χ0n) is 12.6. The summed E-state index contributed by atoms with van der Waals surface area (Å²) in [7, 11) is 0. The van der Waals surface area contributed by atoms with Crippen molar-refractivity contribution in [3.05, 3.63) is 29.3 Å². The third-order valence-corrected chi connectivity index (χ3v) is 4.95. The van der Waals surface area contributed by atoms with Gasteiger partial charge in [0.15, 0.2) is 0 Å². The van der Waals surface area contributed by atoms with Crippen LogP contribution in [0.2, 0.25) is 0 Å². The van der Waals surface area contributed by atoms with Crippen molar-refractivity contribution in [1.82, 2.24) is 20.4 Å². The fourth-order valence-electron chi connectivity index (χ4n) is 3.00. The maximum atomic E-state index is 4.19. The molecule has 0 bridgehead atoms. The third kappa shape index (κ3) is 3.93. The second-order valence-corrected chi connectivity index (χ2v) is 6.94. The van der Waals surface area contributed by atoms with Crippen LogP contribution < -0.4 is 5.32 Å². The van der Waals surface area contributed by atoms with E-state index < -0.39 is 0 Å². The molecule has 1 aliphatic rings. The number of rotatable bonds is 7. The van der Waals surface area contributed by atoms with Crippen LogP contribution in [0.4, 0.5) is 0 Å². The maximum Gasteiger partial charge on any atom is 0.0794 e. The molecule has 3 rings (SSSR count). The fourth-order valence-corrected chi connectivity index (χ4v) is 3.76. The molecule has 0 saturated carbocycles. The van der Waals surface area contributed by atoms with Crippen LogP contribution in [0.5, 0.6) is 0 Å². The van der Waals surface area contributed by atoms with Crippen LogP contribution in [-0.4, -0.2) is 41.3 Å². The van der Waals surface area contributed by atoms with E-state index >= 15 is 0 Å². The summed E-state index contributed by atoms with van der Waals surface area (Å²) in [6.45, 7) is 8.07. The Bertz CT molecular complexity index is 528. The van der Waals surface area contributed by atoms with Crippen molar-refractivity contribution >= 4 is 11.3 Å². The Balaban J connectivity index is 1.46. The highest BCUT2D eigenvalue weighted by atomic mass is 32.1. The van der Waals surface area contributed by atoms with Crippen molar-refractivity contribution in [2.75, 3.05) is 26.2 Å². The van der Waals surface area contributed by atoms with Crippen molar-refractivity contribution in [2.45, 2.75) is 26.3 Å². The number of hydrogen-bond acceptors (Lipinski definition) is 4. The first kappa shape index (κ1) is 14.8. The van der Waals surface area contributed by atoms with Gasteiger partial charge in [-0.2, -0.15) is 5.10 Å². The number of likely N-dealkylation sites (tertiary alicyclic amines) is 1. The Morgan fingerprint density at radius 1 is 1.43 bits per heavy atom. The van der Waals surface area contributed by atoms with E-state index in [-0.39, 0.29) is 0 Å². The van der Waals surface area contributed by atoms with Crippen molar-refractivity contribution in [3.8, 4) is 10.6 Å². The number of nitrogens with one attached hydrogen (secondary N) is 2. The molecule has 0 unspecified atom stereocenters. The van der Waals surface area contributed by atoms with Gasteiger partial charge in [-0.05, 0) is 49.8 Å². The minimum Gasteiger partial charge on any atom is -0.312 e. The van der Waals surface area contributed by atoms with Crippen LogP contribution in [0.15, 0.2) is 23.7 Å². The molecule has 0 aromatic carbocycles. The van der Waals surface area contributed by atoms with E-state index in [0.29, 0.717) is 5.92 Å². The molecule has 0 amide bonds. The van der Waals surface area contributed by atoms with E-state index in [1.165, 1.54) is 42.9 Å². The van der Waals surface area contributed by atoms with Crippen molar-refractivity contribution < 1.29 is 0 Å². The molecule has 21 heavy (non-hydrogen) atoms. The summed E-state index contributed by atoms with van der Waals surface area (Å²) in [6.07, 6.45) is 4.69. The van der Waals surface area contributed by atoms with E-state index in [1.807, 2.05) is 6.20 Å². The second kappa shape index (κ2) is 7.20. The Kier molecular flexibility index (Phi) is 5.06. The van der Waals surface area contributed by atoms with Gasteiger partial charge >= 0.3 is 0 Å². The van der Waals surface area contributed by atoms with Gasteiger partial charge < -0.3 is 10.2 Å². The highest BCUT2D eigenvalue weighted by Gasteiger charge is 2.14. The lowest BCUT2D eigenvalue weighted by atomic mass is 10.1. The minimum absolute atomic E-state index is 0.695. The van der Waals surface area contributed by atoms with Gasteiger partial charge in [-0.15, -0.1) is 11.3 Å². The second-order valence-electron chi connectivity index (χ2n) is 5.99. The summed E-state index contributed by atoms with van der Waals surface area (Å²) in [5, 5.41) is 13.0. The predicted molar refractivity (Wildman–Crippen MR) is 88.4 cm³/mol. The summed E-state index contributed by atoms with van der Waals surface area (Å²) in [5.74, 6) is 0.695. The van der Waals surface area contributed by atoms with Crippen LogP contribution in [0.25, 0.3) is 10.6 Å². The van der Waals surface area contributed by atoms with Crippen molar-refractivity contribution in [1.29, 1.82) is 0 Å². The average molecular weight is 304 g/mol. The van der Waals surface area contributed by atoms with Crippen LogP contribution in [0, 0.1) is 5.92 Å². The van der Waals surface area contributed by atoms with Crippen LogP contribution in [-0.2, 0) is 6.54 Å². The number of H-pyrrole nitrogens is 1. The Morgan fingerprint density at radius 2 is 2.29 bits per heavy atom. The lowest BCUT2D eigenvalue weighted by molar-refractivity contribution is 0.282. The first-order valence-corrected chi connectivity index (χ1v) is 8.70. The van der Waals surface area contributed by atoms with E-state index in [9.17, 15) is 0 Å². The lowest BCUT2D eigenvalue weighted by Crippen LogP contribution is -2.31. The highest BCUT2D eigenvalue weighted by molar-refractivity contribution is 7.13. The minimum atomic E-state index is 0.695. The van der Waals surface area contributed by atoms with Gasteiger partial charge in [0, 0.05) is 18.7 Å². The van der Waals surface area contributed by atoms with E-state index in [2.05, 4.69) is 44.9 Å². The van der Waals surface area contributed by atoms with Gasteiger partial charge in [-0.3, -0.25) is 5.10 Å². The van der Waals surface area contributed by atoms with Gasteiger partial charge in [0.25, 0.3) is 0 Å². The zero-order chi connectivity index (χ0) is 14.5. The molecule has 2 aromatic rings. The molecule has 1 atom stereocenters. The standard InChI is InChI=1S/C16H24N4S/c1-13(12-20-6-2-3-7-20)9-17-10-14-11-18-19-16(14)15-5-4-8-21-15/h4-5,8,11,13,17H,2-3,6-7,9-10,12H2,1H3,(H,18,19)/t13-/m1/s1. The average Bonchev–Trinajstić information content (AvgIpc) is 3.20. The summed E-state index contributed by atoms with van der Waals surface area (Å²) < 4.78 is 0. The summed E-state index contributed by atoms with van der Waals surface area (Å²) in [4.78, 5) is 3.84. The van der Waals surface area contributed by atoms with Gasteiger partial charge in [0.1, 0.15) is 0 Å². The summed E-state index contributed by atoms with van der Waals surface area (Å²) in [6, 6.07) is 4.22. The summed E-state index contributed by atoms with van der Waals surface area (Å²) in [5.41, 5.74) is 2.41. The quantitative estimate of drug-likeness (QED) is 0.826. The molecule has 2 N–H and O–H groups in total. The molecule has 5 heteroatoms. The monoisotopic (exact) mass is 304 g/mol.